The van der Waals surface area contributed by atoms with Crippen molar-refractivity contribution < 1.29 is 14.6 Å². The predicted molar refractivity (Wildman–Crippen MR) is 63.6 cm³/mol. The van der Waals surface area contributed by atoms with Crippen LogP contribution in [0.25, 0.3) is 11.3 Å². The number of amides is 1. The third-order valence-electron chi connectivity index (χ3n) is 2.30. The van der Waals surface area contributed by atoms with E-state index in [0.29, 0.717) is 5.75 Å². The molecule has 2 rings (SSSR count). The highest BCUT2D eigenvalue weighted by molar-refractivity contribution is 6.34. The zero-order valence-electron chi connectivity index (χ0n) is 9.27. The molecule has 0 aliphatic carbocycles. The second-order valence-corrected chi connectivity index (χ2v) is 3.80. The fourth-order valence-corrected chi connectivity index (χ4v) is 1.79. The van der Waals surface area contributed by atoms with E-state index in [1.165, 1.54) is 19.2 Å². The van der Waals surface area contributed by atoms with Crippen LogP contribution in [0.3, 0.4) is 0 Å². The van der Waals surface area contributed by atoms with E-state index in [1.54, 1.807) is 0 Å². The number of aromatic hydroxyl groups is 1. The number of nitrogens with zero attached hydrogens (tertiary/aromatic N) is 2. The summed E-state index contributed by atoms with van der Waals surface area (Å²) in [6, 6.07) is 2.83. The number of nitrogens with one attached hydrogen (secondary N) is 1. The number of methoxy groups -OCH3 is 1. The Labute approximate surface area is 107 Å². The van der Waals surface area contributed by atoms with Gasteiger partial charge in [0.2, 0.25) is 0 Å². The SMILES string of the molecule is COc1cc(O)c(-c2n[nH]nc2C(N)=O)c(Cl)c1. The van der Waals surface area contributed by atoms with Crippen LogP contribution in [0.15, 0.2) is 12.1 Å². The van der Waals surface area contributed by atoms with E-state index >= 15 is 0 Å². The molecular formula is C10H9ClN4O3. The molecule has 18 heavy (non-hydrogen) atoms. The lowest BCUT2D eigenvalue weighted by Gasteiger charge is -2.07. The number of phenols is 1. The van der Waals surface area contributed by atoms with Crippen LogP contribution in [0, 0.1) is 0 Å². The quantitative estimate of drug-likeness (QED) is 0.766. The number of hydrogen-bond acceptors (Lipinski definition) is 5. The molecule has 1 aromatic heterocycles. The number of ether oxygens (including phenoxy) is 1. The lowest BCUT2D eigenvalue weighted by Crippen LogP contribution is -2.12. The number of carbonyl (C=O) groups excluding carboxylic acids is 1. The third kappa shape index (κ3) is 1.95. The van der Waals surface area contributed by atoms with Gasteiger partial charge in [0.1, 0.15) is 17.2 Å². The number of nitrogens with two attached hydrogens (primary N) is 1. The predicted octanol–water partition coefficient (Wildman–Crippen LogP) is 0.938. The summed E-state index contributed by atoms with van der Waals surface area (Å²) in [5.41, 5.74) is 5.30. The number of benzene rings is 1. The van der Waals surface area contributed by atoms with Crippen molar-refractivity contribution in [3.8, 4) is 22.8 Å². The number of halogens is 1. The summed E-state index contributed by atoms with van der Waals surface area (Å²) in [5.74, 6) is -0.578. The molecule has 0 fully saturated rings. The van der Waals surface area contributed by atoms with E-state index in [-0.39, 0.29) is 27.7 Å². The molecule has 8 heteroatoms. The van der Waals surface area contributed by atoms with Gasteiger partial charge in [0.15, 0.2) is 5.69 Å². The summed E-state index contributed by atoms with van der Waals surface area (Å²) in [6.45, 7) is 0. The summed E-state index contributed by atoms with van der Waals surface area (Å²) >= 11 is 6.01. The molecule has 0 spiro atoms. The van der Waals surface area contributed by atoms with Crippen molar-refractivity contribution >= 4 is 17.5 Å². The Balaban J connectivity index is 2.64. The molecule has 1 amide bonds. The number of H-pyrrole nitrogens is 1. The van der Waals surface area contributed by atoms with Crippen molar-refractivity contribution in [3.05, 3.63) is 22.8 Å². The first-order valence-corrected chi connectivity index (χ1v) is 5.19. The van der Waals surface area contributed by atoms with Gasteiger partial charge >= 0.3 is 0 Å². The van der Waals surface area contributed by atoms with Gasteiger partial charge in [0.05, 0.1) is 17.7 Å². The van der Waals surface area contributed by atoms with Crippen LogP contribution in [0.2, 0.25) is 5.02 Å². The molecule has 4 N–H and O–H groups in total. The average Bonchev–Trinajstić information content (AvgIpc) is 2.77. The van der Waals surface area contributed by atoms with E-state index in [9.17, 15) is 9.90 Å². The number of primary amides is 1. The van der Waals surface area contributed by atoms with Gasteiger partial charge in [-0.15, -0.1) is 0 Å². The van der Waals surface area contributed by atoms with Crippen LogP contribution in [0.1, 0.15) is 10.5 Å². The number of rotatable bonds is 3. The standard InChI is InChI=1S/C10H9ClN4O3/c1-18-4-2-5(11)7(6(16)3-4)8-9(10(12)17)14-15-13-8/h2-3,16H,1H3,(H2,12,17)(H,13,14,15). The topological polar surface area (TPSA) is 114 Å². The number of carbonyl (C=O) groups is 1. The molecular weight excluding hydrogens is 260 g/mol. The Morgan fingerprint density at radius 3 is 2.78 bits per heavy atom. The van der Waals surface area contributed by atoms with E-state index in [1.807, 2.05) is 0 Å². The van der Waals surface area contributed by atoms with E-state index < -0.39 is 5.91 Å². The summed E-state index contributed by atoms with van der Waals surface area (Å²) < 4.78 is 4.95. The van der Waals surface area contributed by atoms with Crippen molar-refractivity contribution in [3.63, 3.8) is 0 Å². The van der Waals surface area contributed by atoms with Crippen molar-refractivity contribution in [2.45, 2.75) is 0 Å². The maximum Gasteiger partial charge on any atom is 0.271 e. The van der Waals surface area contributed by atoms with Crippen molar-refractivity contribution in [1.29, 1.82) is 0 Å². The monoisotopic (exact) mass is 268 g/mol. The van der Waals surface area contributed by atoms with E-state index in [2.05, 4.69) is 15.4 Å². The molecule has 1 aromatic carbocycles. The smallest absolute Gasteiger partial charge is 0.271 e. The normalized spacial score (nSPS) is 10.3. The first-order chi connectivity index (χ1) is 8.54. The molecule has 0 saturated carbocycles. The van der Waals surface area contributed by atoms with Gasteiger partial charge in [-0.25, -0.2) is 0 Å². The molecule has 0 aliphatic heterocycles. The molecule has 0 radical (unpaired) electrons. The number of hydrogen-bond donors (Lipinski definition) is 3. The molecule has 0 unspecified atom stereocenters. The Morgan fingerprint density at radius 2 is 2.22 bits per heavy atom. The van der Waals surface area contributed by atoms with Crippen LogP contribution in [-0.4, -0.2) is 33.5 Å². The highest BCUT2D eigenvalue weighted by Gasteiger charge is 2.21. The van der Waals surface area contributed by atoms with Crippen LogP contribution >= 0.6 is 11.6 Å². The van der Waals surface area contributed by atoms with Gasteiger partial charge in [-0.2, -0.15) is 15.4 Å². The Kier molecular flexibility index (Phi) is 3.07. The van der Waals surface area contributed by atoms with Crippen LogP contribution in [-0.2, 0) is 0 Å². The Morgan fingerprint density at radius 1 is 1.50 bits per heavy atom. The van der Waals surface area contributed by atoms with Crippen molar-refractivity contribution in [1.82, 2.24) is 15.4 Å². The first-order valence-electron chi connectivity index (χ1n) is 4.82. The third-order valence-corrected chi connectivity index (χ3v) is 2.59. The van der Waals surface area contributed by atoms with Crippen LogP contribution in [0.4, 0.5) is 0 Å². The number of aromatic amines is 1. The van der Waals surface area contributed by atoms with Gasteiger partial charge in [-0.05, 0) is 6.07 Å². The molecule has 0 saturated heterocycles. The Bertz CT molecular complexity index is 588. The van der Waals surface area contributed by atoms with Crippen LogP contribution in [0.5, 0.6) is 11.5 Å². The van der Waals surface area contributed by atoms with Crippen molar-refractivity contribution in [2.75, 3.05) is 7.11 Å². The second kappa shape index (κ2) is 4.53. The molecule has 2 aromatic rings. The highest BCUT2D eigenvalue weighted by atomic mass is 35.5. The zero-order chi connectivity index (χ0) is 13.3. The fraction of sp³-hybridized carbons (Fsp3) is 0.100. The van der Waals surface area contributed by atoms with Gasteiger partial charge < -0.3 is 15.6 Å². The van der Waals surface area contributed by atoms with Gasteiger partial charge in [-0.1, -0.05) is 11.6 Å². The van der Waals surface area contributed by atoms with Gasteiger partial charge in [0, 0.05) is 6.07 Å². The minimum atomic E-state index is -0.773. The maximum absolute atomic E-state index is 11.2. The molecule has 0 atom stereocenters. The lowest BCUT2D eigenvalue weighted by atomic mass is 10.1. The summed E-state index contributed by atoms with van der Waals surface area (Å²) in [4.78, 5) is 11.2. The molecule has 0 aliphatic rings. The van der Waals surface area contributed by atoms with Crippen LogP contribution < -0.4 is 10.5 Å². The molecule has 94 valence electrons. The summed E-state index contributed by atoms with van der Waals surface area (Å²) in [6.07, 6.45) is 0. The minimum Gasteiger partial charge on any atom is -0.507 e. The van der Waals surface area contributed by atoms with Gasteiger partial charge in [-0.3, -0.25) is 4.79 Å². The highest BCUT2D eigenvalue weighted by Crippen LogP contribution is 2.39. The average molecular weight is 269 g/mol. The fourth-order valence-electron chi connectivity index (χ4n) is 1.50. The largest absolute Gasteiger partial charge is 0.507 e. The van der Waals surface area contributed by atoms with Crippen molar-refractivity contribution in [2.24, 2.45) is 5.73 Å². The van der Waals surface area contributed by atoms with E-state index in [4.69, 9.17) is 22.1 Å². The summed E-state index contributed by atoms with van der Waals surface area (Å²) in [7, 11) is 1.44. The zero-order valence-corrected chi connectivity index (χ0v) is 10.0. The molecule has 7 nitrogen and oxygen atoms in total. The maximum atomic E-state index is 11.2. The Hall–Kier alpha value is -2.28. The number of phenolic OH excluding ortho intramolecular Hbond substituents is 1. The minimum absolute atomic E-state index is 0.0904. The lowest BCUT2D eigenvalue weighted by molar-refractivity contribution is 0.0996. The molecule has 1 heterocycles. The first kappa shape index (κ1) is 12.2. The molecule has 0 bridgehead atoms. The summed E-state index contributed by atoms with van der Waals surface area (Å²) in [5, 5.41) is 19.7. The van der Waals surface area contributed by atoms with E-state index in [0.717, 1.165) is 0 Å². The van der Waals surface area contributed by atoms with Gasteiger partial charge in [0.25, 0.3) is 5.91 Å². The number of aromatic nitrogens is 3. The second-order valence-electron chi connectivity index (χ2n) is 3.39.